The van der Waals surface area contributed by atoms with Crippen LogP contribution in [-0.2, 0) is 4.74 Å². The predicted octanol–water partition coefficient (Wildman–Crippen LogP) is 3.80. The summed E-state index contributed by atoms with van der Waals surface area (Å²) >= 11 is 0. The van der Waals surface area contributed by atoms with Gasteiger partial charge in [0.05, 0.1) is 14.2 Å². The molecule has 0 amide bonds. The molecule has 3 aromatic rings. The van der Waals surface area contributed by atoms with Gasteiger partial charge in [-0.1, -0.05) is 18.2 Å². The third-order valence-corrected chi connectivity index (χ3v) is 4.07. The van der Waals surface area contributed by atoms with Gasteiger partial charge in [-0.05, 0) is 31.2 Å². The van der Waals surface area contributed by atoms with Crippen LogP contribution in [0.5, 0.6) is 11.5 Å². The summed E-state index contributed by atoms with van der Waals surface area (Å²) in [6, 6.07) is 12.1. The van der Waals surface area contributed by atoms with E-state index < -0.39 is 12.6 Å². The monoisotopic (exact) mass is 354 g/mol. The number of fused-ring (bicyclic) bond motifs is 1. The van der Waals surface area contributed by atoms with Crippen LogP contribution < -0.4 is 9.47 Å². The van der Waals surface area contributed by atoms with Crippen LogP contribution in [0.15, 0.2) is 46.9 Å². The van der Waals surface area contributed by atoms with E-state index in [-0.39, 0.29) is 11.5 Å². The molecule has 3 rings (SSSR count). The number of aryl methyl sites for hydroxylation is 1. The van der Waals surface area contributed by atoms with E-state index in [2.05, 4.69) is 0 Å². The molecule has 0 spiro atoms. The van der Waals surface area contributed by atoms with Crippen LogP contribution in [0.3, 0.4) is 0 Å². The number of carbonyl (C=O) groups excluding carboxylic acids is 2. The molecule has 0 aliphatic heterocycles. The predicted molar refractivity (Wildman–Crippen MR) is 95.1 cm³/mol. The molecule has 0 radical (unpaired) electrons. The number of methoxy groups -OCH3 is 2. The standard InChI is InChI=1S/C20H18O6/c1-12-14-6-4-5-7-16(14)26-19(12)20(22)25-11-15(21)13-8-9-17(23-2)18(10-13)24-3/h4-10H,11H2,1-3H3. The number of Topliss-reactive ketones (excluding diaryl/α,β-unsaturated/α-hetero) is 1. The first kappa shape index (κ1) is 17.5. The van der Waals surface area contributed by atoms with Crippen molar-refractivity contribution in [2.24, 2.45) is 0 Å². The van der Waals surface area contributed by atoms with E-state index in [0.29, 0.717) is 28.2 Å². The summed E-state index contributed by atoms with van der Waals surface area (Å²) < 4.78 is 21.0. The van der Waals surface area contributed by atoms with E-state index in [0.717, 1.165) is 5.39 Å². The largest absolute Gasteiger partial charge is 0.493 e. The summed E-state index contributed by atoms with van der Waals surface area (Å²) in [4.78, 5) is 24.6. The first-order chi connectivity index (χ1) is 12.5. The van der Waals surface area contributed by atoms with Crippen LogP contribution in [0.1, 0.15) is 26.5 Å². The van der Waals surface area contributed by atoms with Crippen LogP contribution in [-0.4, -0.2) is 32.6 Å². The van der Waals surface area contributed by atoms with E-state index in [1.54, 1.807) is 31.2 Å². The molecule has 1 aromatic heterocycles. The zero-order valence-electron chi connectivity index (χ0n) is 14.7. The zero-order chi connectivity index (χ0) is 18.7. The van der Waals surface area contributed by atoms with Gasteiger partial charge in [0.15, 0.2) is 23.9 Å². The molecular weight excluding hydrogens is 336 g/mol. The molecule has 0 unspecified atom stereocenters. The summed E-state index contributed by atoms with van der Waals surface area (Å²) in [5.74, 6) is 0.0173. The highest BCUT2D eigenvalue weighted by molar-refractivity contribution is 6.00. The van der Waals surface area contributed by atoms with Crippen molar-refractivity contribution in [1.29, 1.82) is 0 Å². The average Bonchev–Trinajstić information content (AvgIpc) is 3.02. The fraction of sp³-hybridized carbons (Fsp3) is 0.200. The molecule has 134 valence electrons. The lowest BCUT2D eigenvalue weighted by Gasteiger charge is -2.09. The van der Waals surface area contributed by atoms with Crippen LogP contribution in [0.2, 0.25) is 0 Å². The number of furan rings is 1. The molecule has 6 nitrogen and oxygen atoms in total. The third-order valence-electron chi connectivity index (χ3n) is 4.07. The smallest absolute Gasteiger partial charge is 0.375 e. The molecule has 6 heteroatoms. The van der Waals surface area contributed by atoms with Gasteiger partial charge in [-0.2, -0.15) is 0 Å². The maximum atomic E-state index is 12.3. The Labute approximate surface area is 150 Å². The van der Waals surface area contributed by atoms with E-state index in [9.17, 15) is 9.59 Å². The number of carbonyl (C=O) groups is 2. The van der Waals surface area contributed by atoms with Gasteiger partial charge in [0.1, 0.15) is 5.58 Å². The topological polar surface area (TPSA) is 75.0 Å². The number of hydrogen-bond acceptors (Lipinski definition) is 6. The SMILES string of the molecule is COc1ccc(C(=O)COC(=O)c2oc3ccccc3c2C)cc1OC. The Morgan fingerprint density at radius 1 is 1.00 bits per heavy atom. The quantitative estimate of drug-likeness (QED) is 0.495. The highest BCUT2D eigenvalue weighted by atomic mass is 16.5. The van der Waals surface area contributed by atoms with Gasteiger partial charge in [0.2, 0.25) is 5.76 Å². The van der Waals surface area contributed by atoms with Crippen molar-refractivity contribution in [2.75, 3.05) is 20.8 Å². The highest BCUT2D eigenvalue weighted by Gasteiger charge is 2.20. The minimum absolute atomic E-state index is 0.103. The fourth-order valence-electron chi connectivity index (χ4n) is 2.66. The maximum absolute atomic E-state index is 12.3. The number of ether oxygens (including phenoxy) is 3. The Morgan fingerprint density at radius 3 is 2.42 bits per heavy atom. The van der Waals surface area contributed by atoms with E-state index in [1.807, 2.05) is 18.2 Å². The fourth-order valence-corrected chi connectivity index (χ4v) is 2.66. The Hall–Kier alpha value is -3.28. The molecule has 0 aliphatic carbocycles. The molecule has 0 saturated carbocycles. The van der Waals surface area contributed by atoms with Crippen molar-refractivity contribution in [2.45, 2.75) is 6.92 Å². The maximum Gasteiger partial charge on any atom is 0.375 e. The number of rotatable bonds is 6. The lowest BCUT2D eigenvalue weighted by atomic mass is 10.1. The number of hydrogen-bond donors (Lipinski definition) is 0. The molecule has 0 N–H and O–H groups in total. The highest BCUT2D eigenvalue weighted by Crippen LogP contribution is 2.28. The molecular formula is C20H18O6. The molecule has 0 saturated heterocycles. The lowest BCUT2D eigenvalue weighted by Crippen LogP contribution is -2.14. The van der Waals surface area contributed by atoms with Crippen molar-refractivity contribution in [3.63, 3.8) is 0 Å². The van der Waals surface area contributed by atoms with Gasteiger partial charge in [0.25, 0.3) is 0 Å². The molecule has 0 bridgehead atoms. The molecule has 2 aromatic carbocycles. The minimum Gasteiger partial charge on any atom is -0.493 e. The Bertz CT molecular complexity index is 970. The van der Waals surface area contributed by atoms with E-state index in [1.165, 1.54) is 14.2 Å². The average molecular weight is 354 g/mol. The van der Waals surface area contributed by atoms with Crippen LogP contribution in [0.4, 0.5) is 0 Å². The van der Waals surface area contributed by atoms with Crippen molar-refractivity contribution in [3.8, 4) is 11.5 Å². The molecule has 0 fully saturated rings. The summed E-state index contributed by atoms with van der Waals surface area (Å²) in [5, 5.41) is 0.839. The van der Waals surface area contributed by atoms with Crippen molar-refractivity contribution < 1.29 is 28.2 Å². The van der Waals surface area contributed by atoms with Gasteiger partial charge < -0.3 is 18.6 Å². The Kier molecular flexibility index (Phi) is 4.93. The van der Waals surface area contributed by atoms with Gasteiger partial charge in [0, 0.05) is 16.5 Å². The van der Waals surface area contributed by atoms with Crippen LogP contribution in [0, 0.1) is 6.92 Å². The Balaban J connectivity index is 1.72. The third kappa shape index (κ3) is 3.26. The second kappa shape index (κ2) is 7.31. The number of esters is 1. The lowest BCUT2D eigenvalue weighted by molar-refractivity contribution is 0.0445. The van der Waals surface area contributed by atoms with Crippen LogP contribution in [0.25, 0.3) is 11.0 Å². The molecule has 1 heterocycles. The second-order valence-corrected chi connectivity index (χ2v) is 5.62. The number of benzene rings is 2. The van der Waals surface area contributed by atoms with E-state index >= 15 is 0 Å². The molecule has 0 atom stereocenters. The Morgan fingerprint density at radius 2 is 1.73 bits per heavy atom. The normalized spacial score (nSPS) is 10.6. The van der Waals surface area contributed by atoms with E-state index in [4.69, 9.17) is 18.6 Å². The van der Waals surface area contributed by atoms with Gasteiger partial charge in [-0.15, -0.1) is 0 Å². The minimum atomic E-state index is -0.674. The first-order valence-electron chi connectivity index (χ1n) is 7.95. The molecule has 0 aliphatic rings. The first-order valence-corrected chi connectivity index (χ1v) is 7.95. The van der Waals surface area contributed by atoms with Gasteiger partial charge in [-0.3, -0.25) is 4.79 Å². The summed E-state index contributed by atoms with van der Waals surface area (Å²) in [5.41, 5.74) is 1.64. The second-order valence-electron chi connectivity index (χ2n) is 5.62. The van der Waals surface area contributed by atoms with Gasteiger partial charge in [-0.25, -0.2) is 4.79 Å². The zero-order valence-corrected chi connectivity index (χ0v) is 14.7. The number of para-hydroxylation sites is 1. The molecule has 26 heavy (non-hydrogen) atoms. The number of ketones is 1. The van der Waals surface area contributed by atoms with Crippen molar-refractivity contribution in [3.05, 3.63) is 59.4 Å². The van der Waals surface area contributed by atoms with Crippen molar-refractivity contribution >= 4 is 22.7 Å². The van der Waals surface area contributed by atoms with Gasteiger partial charge >= 0.3 is 5.97 Å². The summed E-state index contributed by atoms with van der Waals surface area (Å²) in [7, 11) is 2.99. The summed E-state index contributed by atoms with van der Waals surface area (Å²) in [6.07, 6.45) is 0. The summed E-state index contributed by atoms with van der Waals surface area (Å²) in [6.45, 7) is 1.38. The van der Waals surface area contributed by atoms with Crippen molar-refractivity contribution in [1.82, 2.24) is 0 Å². The van der Waals surface area contributed by atoms with Crippen LogP contribution >= 0.6 is 0 Å².